The molecule has 4 aromatic rings. The first kappa shape index (κ1) is 29.8. The number of hydrogen-bond donors (Lipinski definition) is 1. The van der Waals surface area contributed by atoms with Gasteiger partial charge in [0, 0.05) is 36.8 Å². The van der Waals surface area contributed by atoms with E-state index in [0.29, 0.717) is 30.3 Å². The molecule has 0 fully saturated rings. The van der Waals surface area contributed by atoms with E-state index in [9.17, 15) is 9.59 Å². The van der Waals surface area contributed by atoms with Crippen LogP contribution in [-0.2, 0) is 29.0 Å². The van der Waals surface area contributed by atoms with Crippen LogP contribution in [0, 0.1) is 11.8 Å². The number of ether oxygens (including phenoxy) is 1. The first-order valence-electron chi connectivity index (χ1n) is 14.8. The number of carbonyl (C=O) groups is 2. The molecular formula is C33H37N7O3. The van der Waals surface area contributed by atoms with E-state index in [1.807, 2.05) is 55.5 Å². The molecule has 10 heteroatoms. The fourth-order valence-corrected chi connectivity index (χ4v) is 5.11. The highest BCUT2D eigenvalue weighted by atomic mass is 16.5. The molecule has 10 nitrogen and oxygen atoms in total. The highest BCUT2D eigenvalue weighted by molar-refractivity contribution is 6.09. The van der Waals surface area contributed by atoms with E-state index < -0.39 is 12.0 Å². The molecule has 1 aliphatic carbocycles. The van der Waals surface area contributed by atoms with Crippen LogP contribution in [0.5, 0.6) is 5.75 Å². The molecule has 0 bridgehead atoms. The number of nitrogens with zero attached hydrogens (tertiary/aromatic N) is 6. The van der Waals surface area contributed by atoms with Crippen molar-refractivity contribution in [1.82, 2.24) is 30.2 Å². The van der Waals surface area contributed by atoms with Crippen LogP contribution in [0.25, 0.3) is 5.57 Å². The number of nitrogens with one attached hydrogen (secondary N) is 1. The number of amides is 1. The van der Waals surface area contributed by atoms with Gasteiger partial charge in [0.2, 0.25) is 11.7 Å². The Labute approximate surface area is 251 Å². The molecule has 1 N–H and O–H groups in total. The summed E-state index contributed by atoms with van der Waals surface area (Å²) in [6.07, 6.45) is 5.71. The van der Waals surface area contributed by atoms with Crippen molar-refractivity contribution in [2.45, 2.75) is 66.0 Å². The van der Waals surface area contributed by atoms with Crippen molar-refractivity contribution in [3.05, 3.63) is 94.8 Å². The monoisotopic (exact) mass is 579 g/mol. The molecule has 0 aliphatic heterocycles. The number of imidazole rings is 1. The Bertz CT molecular complexity index is 1610. The summed E-state index contributed by atoms with van der Waals surface area (Å²) in [5.74, 6) is 1.05. The zero-order valence-corrected chi connectivity index (χ0v) is 25.0. The summed E-state index contributed by atoms with van der Waals surface area (Å²) < 4.78 is 8.60. The van der Waals surface area contributed by atoms with Gasteiger partial charge in [-0.3, -0.25) is 4.79 Å². The number of fused-ring (bicyclic) bond motifs is 1. The third kappa shape index (κ3) is 6.85. The average Bonchev–Trinajstić information content (AvgIpc) is 3.68. The van der Waals surface area contributed by atoms with Crippen LogP contribution in [0.2, 0.25) is 0 Å². The molecule has 2 aromatic heterocycles. The second-order valence-electron chi connectivity index (χ2n) is 11.1. The van der Waals surface area contributed by atoms with Gasteiger partial charge in [-0.1, -0.05) is 74.9 Å². The average molecular weight is 580 g/mol. The van der Waals surface area contributed by atoms with Crippen LogP contribution >= 0.6 is 0 Å². The molecular weight excluding hydrogens is 542 g/mol. The molecule has 222 valence electrons. The van der Waals surface area contributed by atoms with E-state index in [0.717, 1.165) is 59.5 Å². The number of aromatic nitrogens is 6. The molecule has 3 unspecified atom stereocenters. The van der Waals surface area contributed by atoms with E-state index in [2.05, 4.69) is 49.2 Å². The molecule has 0 saturated heterocycles. The summed E-state index contributed by atoms with van der Waals surface area (Å²) in [6.45, 7) is 8.30. The molecule has 1 amide bonds. The number of hydrogen-bond acceptors (Lipinski definition) is 7. The van der Waals surface area contributed by atoms with Crippen LogP contribution in [-0.4, -0.2) is 48.1 Å². The van der Waals surface area contributed by atoms with Crippen molar-refractivity contribution < 1.29 is 14.3 Å². The van der Waals surface area contributed by atoms with Crippen LogP contribution in [0.15, 0.2) is 65.7 Å². The minimum absolute atomic E-state index is 0.274. The Kier molecular flexibility index (Phi) is 9.34. The fraction of sp³-hybridized carbons (Fsp3) is 0.364. The highest BCUT2D eigenvalue weighted by Crippen LogP contribution is 2.29. The number of unbranched alkanes of at least 4 members (excludes halogenated alkanes) is 1. The number of tetrazole rings is 1. The Hall–Kier alpha value is -4.73. The van der Waals surface area contributed by atoms with Gasteiger partial charge in [-0.05, 0) is 42.7 Å². The predicted octanol–water partition coefficient (Wildman–Crippen LogP) is 5.35. The van der Waals surface area contributed by atoms with E-state index >= 15 is 0 Å². The molecule has 0 saturated carbocycles. The Morgan fingerprint density at radius 1 is 1.14 bits per heavy atom. The minimum atomic E-state index is -0.500. The summed E-state index contributed by atoms with van der Waals surface area (Å²) in [5, 5.41) is 14.5. The van der Waals surface area contributed by atoms with E-state index in [4.69, 9.17) is 9.72 Å². The summed E-state index contributed by atoms with van der Waals surface area (Å²) in [5.41, 5.74) is 5.70. The topological polar surface area (TPSA) is 128 Å². The summed E-state index contributed by atoms with van der Waals surface area (Å²) in [6, 6.07) is 17.8. The molecule has 2 aromatic carbocycles. The second kappa shape index (κ2) is 13.5. The smallest absolute Gasteiger partial charge is 0.249 e. The number of allylic oxidation sites excluding steroid dienone is 2. The molecule has 5 rings (SSSR count). The first-order chi connectivity index (χ1) is 20.9. The molecule has 0 spiro atoms. The molecule has 1 aliphatic rings. The van der Waals surface area contributed by atoms with E-state index in [-0.39, 0.29) is 11.8 Å². The van der Waals surface area contributed by atoms with Gasteiger partial charge in [0.25, 0.3) is 0 Å². The fourth-order valence-electron chi connectivity index (χ4n) is 5.11. The van der Waals surface area contributed by atoms with Gasteiger partial charge in [-0.2, -0.15) is 5.21 Å². The molecule has 0 radical (unpaired) electrons. The maximum Gasteiger partial charge on any atom is 0.249 e. The lowest BCUT2D eigenvalue weighted by Gasteiger charge is -2.18. The zero-order chi connectivity index (χ0) is 30.3. The Balaban J connectivity index is 1.39. The lowest BCUT2D eigenvalue weighted by Crippen LogP contribution is -2.21. The number of aryl methyl sites for hydroxylation is 1. The van der Waals surface area contributed by atoms with Crippen LogP contribution < -0.4 is 4.74 Å². The molecule has 2 heterocycles. The van der Waals surface area contributed by atoms with Crippen molar-refractivity contribution in [2.75, 3.05) is 0 Å². The summed E-state index contributed by atoms with van der Waals surface area (Å²) in [4.78, 5) is 33.5. The van der Waals surface area contributed by atoms with Gasteiger partial charge in [0.05, 0.1) is 17.1 Å². The van der Waals surface area contributed by atoms with Crippen molar-refractivity contribution >= 4 is 23.5 Å². The van der Waals surface area contributed by atoms with E-state index in [1.54, 1.807) is 13.8 Å². The summed E-state index contributed by atoms with van der Waals surface area (Å²) in [7, 11) is 0. The number of aliphatic imine (C=N–C) groups is 1. The van der Waals surface area contributed by atoms with Crippen molar-refractivity contribution in [3.63, 3.8) is 0 Å². The van der Waals surface area contributed by atoms with Crippen LogP contribution in [0.4, 0.5) is 0 Å². The van der Waals surface area contributed by atoms with Crippen molar-refractivity contribution in [2.24, 2.45) is 16.8 Å². The summed E-state index contributed by atoms with van der Waals surface area (Å²) >= 11 is 0. The SMILES string of the molecule is CCCCc1nc2c(n1Cc1ccc(OC(c3ccccc3)c3nn[nH]n3)cc1)CC(=NC(=O)C(C)C(C)C=O)C=C2C. The third-order valence-electron chi connectivity index (χ3n) is 7.87. The van der Waals surface area contributed by atoms with Gasteiger partial charge in [-0.25, -0.2) is 9.98 Å². The predicted molar refractivity (Wildman–Crippen MR) is 164 cm³/mol. The maximum atomic E-state index is 12.8. The van der Waals surface area contributed by atoms with Crippen molar-refractivity contribution in [1.29, 1.82) is 0 Å². The van der Waals surface area contributed by atoms with Crippen LogP contribution in [0.1, 0.15) is 80.8 Å². The van der Waals surface area contributed by atoms with E-state index in [1.165, 1.54) is 0 Å². The first-order valence-corrected chi connectivity index (χ1v) is 14.8. The van der Waals surface area contributed by atoms with Crippen LogP contribution in [0.3, 0.4) is 0 Å². The Morgan fingerprint density at radius 3 is 2.58 bits per heavy atom. The third-order valence-corrected chi connectivity index (χ3v) is 7.87. The van der Waals surface area contributed by atoms with Gasteiger partial charge >= 0.3 is 0 Å². The highest BCUT2D eigenvalue weighted by Gasteiger charge is 2.26. The quantitative estimate of drug-likeness (QED) is 0.224. The number of aldehydes is 1. The molecule has 3 atom stereocenters. The largest absolute Gasteiger partial charge is 0.478 e. The van der Waals surface area contributed by atoms with Gasteiger partial charge < -0.3 is 14.1 Å². The van der Waals surface area contributed by atoms with Gasteiger partial charge in [0.15, 0.2) is 6.10 Å². The second-order valence-corrected chi connectivity index (χ2v) is 11.1. The van der Waals surface area contributed by atoms with Gasteiger partial charge in [0.1, 0.15) is 17.9 Å². The number of H-pyrrole nitrogens is 1. The maximum absolute atomic E-state index is 12.8. The number of aromatic amines is 1. The minimum Gasteiger partial charge on any atom is -0.478 e. The Morgan fingerprint density at radius 2 is 1.91 bits per heavy atom. The zero-order valence-electron chi connectivity index (χ0n) is 25.0. The number of rotatable bonds is 12. The van der Waals surface area contributed by atoms with Gasteiger partial charge in [-0.15, -0.1) is 10.2 Å². The normalized spacial score (nSPS) is 15.8. The lowest BCUT2D eigenvalue weighted by molar-refractivity contribution is -0.125. The number of carbonyl (C=O) groups excluding carboxylic acids is 2. The van der Waals surface area contributed by atoms with Crippen molar-refractivity contribution in [3.8, 4) is 5.75 Å². The standard InChI is InChI=1S/C33H37N7O3/c1-5-6-12-29-35-30-21(2)17-26(34-33(42)23(4)22(3)20-41)18-28(30)40(29)19-24-13-15-27(16-14-24)43-31(32-36-38-39-37-32)25-10-8-7-9-11-25/h7-11,13-17,20,22-23,31H,5-6,12,18-19H2,1-4H3,(H,36,37,38,39). The number of benzene rings is 2. The lowest BCUT2D eigenvalue weighted by atomic mass is 9.96. The molecule has 43 heavy (non-hydrogen) atoms.